The lowest BCUT2D eigenvalue weighted by Crippen LogP contribution is -2.23. The summed E-state index contributed by atoms with van der Waals surface area (Å²) in [5.74, 6) is 0. The molecule has 7 heavy (non-hydrogen) atoms. The van der Waals surface area contributed by atoms with Gasteiger partial charge in [0.25, 0.3) is 0 Å². The van der Waals surface area contributed by atoms with E-state index in [4.69, 9.17) is 0 Å². The second-order valence-corrected chi connectivity index (χ2v) is 1.37. The Kier molecular flexibility index (Phi) is 0.817. The maximum atomic E-state index is 4.58. The van der Waals surface area contributed by atoms with Crippen molar-refractivity contribution in [2.24, 2.45) is 7.05 Å². The summed E-state index contributed by atoms with van der Waals surface area (Å²) >= 11 is 0. The first kappa shape index (κ1) is 4.30. The summed E-state index contributed by atoms with van der Waals surface area (Å²) in [6, 6.07) is 0. The molecule has 1 aromatic rings. The smallest absolute Gasteiger partial charge is 0.115 e. The highest BCUT2D eigenvalue weighted by Gasteiger charge is 1.83. The molecule has 0 aliphatic heterocycles. The van der Waals surface area contributed by atoms with Gasteiger partial charge >= 0.3 is 0 Å². The Balaban J connectivity index is 3.04. The third kappa shape index (κ3) is 0.765. The zero-order valence-electron chi connectivity index (χ0n) is 4.30. The SMILES string of the molecule is Cc1[c-][n+](C)on1. The molecule has 3 nitrogen and oxygen atoms in total. The van der Waals surface area contributed by atoms with E-state index in [1.807, 2.05) is 6.92 Å². The van der Waals surface area contributed by atoms with Crippen molar-refractivity contribution in [2.45, 2.75) is 6.92 Å². The highest BCUT2D eigenvalue weighted by Crippen LogP contribution is 1.77. The highest BCUT2D eigenvalue weighted by molar-refractivity contribution is 4.75. The molecule has 0 atom stereocenters. The second-order valence-electron chi connectivity index (χ2n) is 1.37. The van der Waals surface area contributed by atoms with Crippen LogP contribution in [0, 0.1) is 13.1 Å². The molecule has 0 fully saturated rings. The summed E-state index contributed by atoms with van der Waals surface area (Å²) < 4.78 is 6.00. The van der Waals surface area contributed by atoms with Crippen molar-refractivity contribution in [3.05, 3.63) is 11.9 Å². The van der Waals surface area contributed by atoms with Crippen LogP contribution in [-0.4, -0.2) is 5.16 Å². The molecule has 1 aromatic heterocycles. The van der Waals surface area contributed by atoms with Crippen molar-refractivity contribution >= 4 is 0 Å². The van der Waals surface area contributed by atoms with E-state index in [0.29, 0.717) is 0 Å². The molecule has 3 heteroatoms. The fourth-order valence-corrected chi connectivity index (χ4v) is 0.391. The molecule has 0 amide bonds. The van der Waals surface area contributed by atoms with Crippen LogP contribution in [0.5, 0.6) is 0 Å². The summed E-state index contributed by atoms with van der Waals surface area (Å²) in [5, 5.41) is 3.55. The lowest BCUT2D eigenvalue weighted by Gasteiger charge is -1.79. The summed E-state index contributed by atoms with van der Waals surface area (Å²) in [5.41, 5.74) is 0.780. The van der Waals surface area contributed by atoms with Crippen molar-refractivity contribution in [3.8, 4) is 0 Å². The average Bonchev–Trinajstić information content (AvgIpc) is 1.87. The third-order valence-electron chi connectivity index (χ3n) is 0.619. The molecule has 0 spiro atoms. The number of nitrogens with zero attached hydrogens (tertiary/aromatic N) is 2. The van der Waals surface area contributed by atoms with Crippen LogP contribution in [0.15, 0.2) is 4.63 Å². The molecular weight excluding hydrogens is 92.1 g/mol. The van der Waals surface area contributed by atoms with Gasteiger partial charge in [-0.3, -0.25) is 0 Å². The minimum absolute atomic E-state index is 0.780. The van der Waals surface area contributed by atoms with Crippen LogP contribution in [0.25, 0.3) is 0 Å². The fourth-order valence-electron chi connectivity index (χ4n) is 0.391. The van der Waals surface area contributed by atoms with Gasteiger partial charge in [-0.25, -0.2) is 4.74 Å². The predicted molar refractivity (Wildman–Crippen MR) is 21.3 cm³/mol. The highest BCUT2D eigenvalue weighted by atomic mass is 16.6. The van der Waals surface area contributed by atoms with Gasteiger partial charge in [0.2, 0.25) is 0 Å². The van der Waals surface area contributed by atoms with Crippen LogP contribution in [0.1, 0.15) is 5.69 Å². The number of aromatic nitrogens is 2. The summed E-state index contributed by atoms with van der Waals surface area (Å²) in [4.78, 5) is 0. The lowest BCUT2D eigenvalue weighted by molar-refractivity contribution is -0.857. The molecule has 0 radical (unpaired) electrons. The van der Waals surface area contributed by atoms with Crippen molar-refractivity contribution in [2.75, 3.05) is 0 Å². The molecule has 0 N–H and O–H groups in total. The standard InChI is InChI=1S/C4H6N2O/c1-4-3-6(2)7-5-4/h1-2H3. The number of hydrogen-bond donors (Lipinski definition) is 0. The lowest BCUT2D eigenvalue weighted by atomic mass is 10.6. The second kappa shape index (κ2) is 1.33. The first-order valence-corrected chi connectivity index (χ1v) is 2.01. The molecule has 1 rings (SSSR count). The quantitative estimate of drug-likeness (QED) is 0.326. The van der Waals surface area contributed by atoms with Gasteiger partial charge in [0.15, 0.2) is 0 Å². The van der Waals surface area contributed by atoms with Crippen LogP contribution in [0.4, 0.5) is 0 Å². The average molecular weight is 98.1 g/mol. The molecular formula is C4H6N2O. The zero-order valence-corrected chi connectivity index (χ0v) is 4.30. The van der Waals surface area contributed by atoms with Crippen LogP contribution >= 0.6 is 0 Å². The predicted octanol–water partition coefficient (Wildman–Crippen LogP) is -0.392. The van der Waals surface area contributed by atoms with Gasteiger partial charge in [-0.05, 0) is 6.92 Å². The van der Waals surface area contributed by atoms with E-state index in [2.05, 4.69) is 16.0 Å². The zero-order chi connectivity index (χ0) is 5.28. The van der Waals surface area contributed by atoms with Gasteiger partial charge in [0.1, 0.15) is 5.16 Å². The molecule has 0 unspecified atom stereocenters. The van der Waals surface area contributed by atoms with E-state index in [1.165, 1.54) is 4.74 Å². The van der Waals surface area contributed by atoms with E-state index >= 15 is 0 Å². The van der Waals surface area contributed by atoms with Crippen LogP contribution in [0.3, 0.4) is 0 Å². The minimum Gasteiger partial charge on any atom is -0.239 e. The summed E-state index contributed by atoms with van der Waals surface area (Å²) in [7, 11) is 1.74. The maximum absolute atomic E-state index is 4.58. The monoisotopic (exact) mass is 98.0 g/mol. The molecule has 38 valence electrons. The Bertz CT molecular complexity index is 142. The summed E-state index contributed by atoms with van der Waals surface area (Å²) in [6.07, 6.45) is 2.78. The van der Waals surface area contributed by atoms with E-state index in [-0.39, 0.29) is 0 Å². The van der Waals surface area contributed by atoms with E-state index in [1.54, 1.807) is 7.05 Å². The maximum Gasteiger partial charge on any atom is 0.115 e. The Labute approximate surface area is 41.5 Å². The Morgan fingerprint density at radius 1 is 1.86 bits per heavy atom. The topological polar surface area (TPSA) is 29.9 Å². The molecule has 0 bridgehead atoms. The van der Waals surface area contributed by atoms with E-state index in [0.717, 1.165) is 5.69 Å². The Hall–Kier alpha value is -0.860. The molecule has 0 saturated carbocycles. The minimum atomic E-state index is 0.780. The largest absolute Gasteiger partial charge is 0.239 e. The van der Waals surface area contributed by atoms with Crippen molar-refractivity contribution < 1.29 is 9.37 Å². The molecule has 0 aromatic carbocycles. The molecule has 1 heterocycles. The van der Waals surface area contributed by atoms with Crippen molar-refractivity contribution in [1.29, 1.82) is 0 Å². The first-order chi connectivity index (χ1) is 3.29. The van der Waals surface area contributed by atoms with Crippen LogP contribution in [0.2, 0.25) is 0 Å². The van der Waals surface area contributed by atoms with Gasteiger partial charge in [-0.15, -0.1) is 4.63 Å². The van der Waals surface area contributed by atoms with Crippen molar-refractivity contribution in [3.63, 3.8) is 0 Å². The van der Waals surface area contributed by atoms with Crippen molar-refractivity contribution in [1.82, 2.24) is 5.16 Å². The normalized spacial score (nSPS) is 9.43. The van der Waals surface area contributed by atoms with Gasteiger partial charge in [-0.1, -0.05) is 0 Å². The number of rotatable bonds is 0. The van der Waals surface area contributed by atoms with Gasteiger partial charge in [0, 0.05) is 0 Å². The first-order valence-electron chi connectivity index (χ1n) is 2.01. The summed E-state index contributed by atoms with van der Waals surface area (Å²) in [6.45, 7) is 1.82. The Morgan fingerprint density at radius 2 is 2.57 bits per heavy atom. The fraction of sp³-hybridized carbons (Fsp3) is 0.500. The molecule has 0 aliphatic carbocycles. The van der Waals surface area contributed by atoms with E-state index in [9.17, 15) is 0 Å². The van der Waals surface area contributed by atoms with Gasteiger partial charge in [-0.2, -0.15) is 6.20 Å². The number of hydrogen-bond acceptors (Lipinski definition) is 2. The molecule has 0 aliphatic rings. The van der Waals surface area contributed by atoms with Crippen LogP contribution < -0.4 is 4.74 Å². The van der Waals surface area contributed by atoms with Gasteiger partial charge < -0.3 is 0 Å². The Morgan fingerprint density at radius 3 is 2.71 bits per heavy atom. The van der Waals surface area contributed by atoms with Gasteiger partial charge in [0.05, 0.1) is 12.7 Å². The molecule has 0 saturated heterocycles. The van der Waals surface area contributed by atoms with E-state index < -0.39 is 0 Å². The number of aryl methyl sites for hydroxylation is 2. The third-order valence-corrected chi connectivity index (χ3v) is 0.619. The van der Waals surface area contributed by atoms with Crippen LogP contribution in [-0.2, 0) is 7.05 Å².